The number of nitrogens with two attached hydrogens (primary N) is 1. The van der Waals surface area contributed by atoms with E-state index in [0.29, 0.717) is 0 Å². The molecule has 4 nitrogen and oxygen atoms in total. The van der Waals surface area contributed by atoms with E-state index in [0.717, 1.165) is 15.9 Å². The average molecular weight is 303 g/mol. The Morgan fingerprint density at radius 1 is 1.56 bits per heavy atom. The SMILES string of the molecule is CCC(N)C(Sc1nncn1C)c1ccc(Cl)s1. The van der Waals surface area contributed by atoms with Crippen molar-refractivity contribution in [3.63, 3.8) is 0 Å². The molecule has 0 spiro atoms. The van der Waals surface area contributed by atoms with Crippen LogP contribution < -0.4 is 5.73 Å². The van der Waals surface area contributed by atoms with Gasteiger partial charge in [0.15, 0.2) is 5.16 Å². The molecule has 2 heterocycles. The third-order valence-electron chi connectivity index (χ3n) is 2.64. The molecule has 2 rings (SSSR count). The summed E-state index contributed by atoms with van der Waals surface area (Å²) in [7, 11) is 1.93. The second kappa shape index (κ2) is 6.06. The first-order chi connectivity index (χ1) is 8.61. The minimum atomic E-state index is 0.0708. The number of hydrogen-bond acceptors (Lipinski definition) is 5. The second-order valence-corrected chi connectivity index (χ2v) is 6.83. The van der Waals surface area contributed by atoms with Crippen molar-refractivity contribution in [1.29, 1.82) is 0 Å². The number of hydrogen-bond donors (Lipinski definition) is 1. The third kappa shape index (κ3) is 3.06. The lowest BCUT2D eigenvalue weighted by molar-refractivity contribution is 0.636. The summed E-state index contributed by atoms with van der Waals surface area (Å²) in [6, 6.07) is 4.02. The van der Waals surface area contributed by atoms with Gasteiger partial charge in [0.2, 0.25) is 0 Å². The van der Waals surface area contributed by atoms with Crippen molar-refractivity contribution in [1.82, 2.24) is 14.8 Å². The minimum Gasteiger partial charge on any atom is -0.326 e. The van der Waals surface area contributed by atoms with Crippen LogP contribution in [-0.4, -0.2) is 20.8 Å². The third-order valence-corrected chi connectivity index (χ3v) is 5.54. The first kappa shape index (κ1) is 13.9. The molecule has 2 aromatic heterocycles. The van der Waals surface area contributed by atoms with Crippen molar-refractivity contribution in [2.75, 3.05) is 0 Å². The maximum atomic E-state index is 6.21. The van der Waals surface area contributed by atoms with Crippen LogP contribution in [0.4, 0.5) is 0 Å². The fourth-order valence-electron chi connectivity index (χ4n) is 1.54. The van der Waals surface area contributed by atoms with Gasteiger partial charge in [-0.3, -0.25) is 0 Å². The highest BCUT2D eigenvalue weighted by Crippen LogP contribution is 2.40. The number of rotatable bonds is 5. The highest BCUT2D eigenvalue weighted by molar-refractivity contribution is 7.99. The normalized spacial score (nSPS) is 14.7. The van der Waals surface area contributed by atoms with Crippen molar-refractivity contribution in [3.8, 4) is 0 Å². The Labute approximate surface area is 120 Å². The summed E-state index contributed by atoms with van der Waals surface area (Å²) in [5, 5.41) is 9.02. The van der Waals surface area contributed by atoms with E-state index in [1.165, 1.54) is 4.88 Å². The van der Waals surface area contributed by atoms with Crippen molar-refractivity contribution in [2.45, 2.75) is 29.8 Å². The Morgan fingerprint density at radius 3 is 2.83 bits per heavy atom. The summed E-state index contributed by atoms with van der Waals surface area (Å²) in [6.07, 6.45) is 2.60. The molecule has 0 fully saturated rings. The Hall–Kier alpha value is -0.560. The van der Waals surface area contributed by atoms with Gasteiger partial charge in [-0.1, -0.05) is 30.3 Å². The van der Waals surface area contributed by atoms with Crippen molar-refractivity contribution in [2.24, 2.45) is 12.8 Å². The van der Waals surface area contributed by atoms with Gasteiger partial charge in [0.05, 0.1) is 9.59 Å². The number of halogens is 1. The van der Waals surface area contributed by atoms with Crippen molar-refractivity contribution >= 4 is 34.7 Å². The molecular formula is C11H15ClN4S2. The summed E-state index contributed by atoms with van der Waals surface area (Å²) in [4.78, 5) is 1.18. The molecule has 0 saturated heterocycles. The largest absolute Gasteiger partial charge is 0.326 e. The summed E-state index contributed by atoms with van der Waals surface area (Å²) in [5.74, 6) is 0. The first-order valence-corrected chi connectivity index (χ1v) is 7.70. The van der Waals surface area contributed by atoms with Crippen LogP contribution in [0.1, 0.15) is 23.5 Å². The molecule has 98 valence electrons. The van der Waals surface area contributed by atoms with E-state index in [1.807, 2.05) is 23.7 Å². The number of thioether (sulfide) groups is 1. The van der Waals surface area contributed by atoms with Gasteiger partial charge in [-0.15, -0.1) is 21.5 Å². The van der Waals surface area contributed by atoms with Gasteiger partial charge in [-0.2, -0.15) is 0 Å². The zero-order chi connectivity index (χ0) is 13.1. The van der Waals surface area contributed by atoms with Crippen LogP contribution in [0, 0.1) is 0 Å². The fraction of sp³-hybridized carbons (Fsp3) is 0.455. The van der Waals surface area contributed by atoms with Crippen LogP contribution in [0.2, 0.25) is 4.34 Å². The summed E-state index contributed by atoms with van der Waals surface area (Å²) < 4.78 is 2.69. The summed E-state index contributed by atoms with van der Waals surface area (Å²) in [5.41, 5.74) is 6.21. The van der Waals surface area contributed by atoms with Crippen LogP contribution in [0.3, 0.4) is 0 Å². The molecule has 2 N–H and O–H groups in total. The fourth-order valence-corrected chi connectivity index (χ4v) is 4.05. The molecule has 18 heavy (non-hydrogen) atoms. The second-order valence-electron chi connectivity index (χ2n) is 3.98. The zero-order valence-corrected chi connectivity index (χ0v) is 12.6. The molecule has 0 aromatic carbocycles. The molecule has 0 bridgehead atoms. The van der Waals surface area contributed by atoms with E-state index >= 15 is 0 Å². The molecule has 2 unspecified atom stereocenters. The summed E-state index contributed by atoms with van der Waals surface area (Å²) >= 11 is 9.21. The predicted molar refractivity (Wildman–Crippen MR) is 77.2 cm³/mol. The van der Waals surface area contributed by atoms with Gasteiger partial charge >= 0.3 is 0 Å². The molecule has 7 heteroatoms. The Balaban J connectivity index is 2.23. The van der Waals surface area contributed by atoms with Crippen LogP contribution in [0.15, 0.2) is 23.6 Å². The Bertz CT molecular complexity index is 511. The maximum Gasteiger partial charge on any atom is 0.191 e. The molecular weight excluding hydrogens is 288 g/mol. The highest BCUT2D eigenvalue weighted by atomic mass is 35.5. The van der Waals surface area contributed by atoms with Crippen molar-refractivity contribution < 1.29 is 0 Å². The monoisotopic (exact) mass is 302 g/mol. The van der Waals surface area contributed by atoms with Gasteiger partial charge in [0.25, 0.3) is 0 Å². The van der Waals surface area contributed by atoms with E-state index in [9.17, 15) is 0 Å². The summed E-state index contributed by atoms with van der Waals surface area (Å²) in [6.45, 7) is 2.09. The molecule has 0 aliphatic carbocycles. The minimum absolute atomic E-state index is 0.0708. The quantitative estimate of drug-likeness (QED) is 0.862. The first-order valence-electron chi connectivity index (χ1n) is 5.63. The topological polar surface area (TPSA) is 56.7 Å². The Kier molecular flexibility index (Phi) is 4.66. The molecule has 2 aromatic rings. The number of nitrogens with zero attached hydrogens (tertiary/aromatic N) is 3. The van der Waals surface area contributed by atoms with E-state index in [-0.39, 0.29) is 11.3 Å². The Morgan fingerprint density at radius 2 is 2.33 bits per heavy atom. The van der Waals surface area contributed by atoms with Gasteiger partial charge in [-0.05, 0) is 18.6 Å². The van der Waals surface area contributed by atoms with Crippen molar-refractivity contribution in [3.05, 3.63) is 27.7 Å². The standard InChI is InChI=1S/C11H15ClN4S2/c1-3-7(13)10(8-4-5-9(12)17-8)18-11-15-14-6-16(11)2/h4-7,10H,3,13H2,1-2H3. The lowest BCUT2D eigenvalue weighted by Gasteiger charge is -2.20. The van der Waals surface area contributed by atoms with Gasteiger partial charge in [0.1, 0.15) is 6.33 Å². The zero-order valence-electron chi connectivity index (χ0n) is 10.2. The molecule has 0 radical (unpaired) electrons. The number of thiophene rings is 1. The van der Waals surface area contributed by atoms with Crippen LogP contribution in [0.25, 0.3) is 0 Å². The highest BCUT2D eigenvalue weighted by Gasteiger charge is 2.23. The van der Waals surface area contributed by atoms with Crippen LogP contribution >= 0.6 is 34.7 Å². The van der Waals surface area contributed by atoms with E-state index in [2.05, 4.69) is 17.1 Å². The number of aryl methyl sites for hydroxylation is 1. The van der Waals surface area contributed by atoms with Gasteiger partial charge in [-0.25, -0.2) is 0 Å². The predicted octanol–water partition coefficient (Wildman–Crippen LogP) is 3.10. The van der Waals surface area contributed by atoms with E-state index < -0.39 is 0 Å². The lowest BCUT2D eigenvalue weighted by Crippen LogP contribution is -2.25. The van der Waals surface area contributed by atoms with Crippen LogP contribution in [0.5, 0.6) is 0 Å². The maximum absolute atomic E-state index is 6.21. The van der Waals surface area contributed by atoms with Crippen LogP contribution in [-0.2, 0) is 7.05 Å². The van der Waals surface area contributed by atoms with Gasteiger partial charge < -0.3 is 10.3 Å². The van der Waals surface area contributed by atoms with E-state index in [4.69, 9.17) is 17.3 Å². The molecule has 0 amide bonds. The molecule has 0 aliphatic rings. The lowest BCUT2D eigenvalue weighted by atomic mass is 10.1. The molecule has 0 saturated carbocycles. The van der Waals surface area contributed by atoms with Gasteiger partial charge in [0, 0.05) is 18.0 Å². The average Bonchev–Trinajstić information content (AvgIpc) is 2.94. The molecule has 0 aliphatic heterocycles. The number of aromatic nitrogens is 3. The van der Waals surface area contributed by atoms with E-state index in [1.54, 1.807) is 29.4 Å². The molecule has 2 atom stereocenters. The smallest absolute Gasteiger partial charge is 0.191 e.